The van der Waals surface area contributed by atoms with Crippen LogP contribution in [0.3, 0.4) is 0 Å². The van der Waals surface area contributed by atoms with Crippen molar-refractivity contribution in [1.29, 1.82) is 0 Å². The summed E-state index contributed by atoms with van der Waals surface area (Å²) in [5.74, 6) is 0.0310. The standard InChI is InChI=1S/C28H25NO4/c1-18-7-11-22(12-8-18)29-25-17-33-28(31)27(25)24(15-26(29)30)20-9-13-23(14-10-20)32-16-21-6-4-3-5-19(21)2/h3-14,24H,15-17H2,1-2H3. The first-order valence-electron chi connectivity index (χ1n) is 11.1. The Morgan fingerprint density at radius 3 is 2.39 bits per heavy atom. The minimum absolute atomic E-state index is 0.0409. The molecular formula is C28H25NO4. The molecule has 1 atom stereocenters. The number of rotatable bonds is 5. The Hall–Kier alpha value is -3.86. The molecule has 0 saturated carbocycles. The van der Waals surface area contributed by atoms with Crippen LogP contribution in [0, 0.1) is 13.8 Å². The van der Waals surface area contributed by atoms with E-state index in [9.17, 15) is 9.59 Å². The molecule has 33 heavy (non-hydrogen) atoms. The van der Waals surface area contributed by atoms with Gasteiger partial charge in [-0.05, 0) is 54.8 Å². The molecule has 0 spiro atoms. The Labute approximate surface area is 193 Å². The number of carbonyl (C=O) groups is 2. The van der Waals surface area contributed by atoms with Crippen LogP contribution in [0.4, 0.5) is 5.69 Å². The zero-order valence-electron chi connectivity index (χ0n) is 18.7. The zero-order chi connectivity index (χ0) is 22.9. The fourth-order valence-corrected chi connectivity index (χ4v) is 4.46. The maximum Gasteiger partial charge on any atom is 0.336 e. The number of nitrogens with zero attached hydrogens (tertiary/aromatic N) is 1. The van der Waals surface area contributed by atoms with Gasteiger partial charge in [-0.2, -0.15) is 0 Å². The third kappa shape index (κ3) is 4.02. The summed E-state index contributed by atoms with van der Waals surface area (Å²) in [5, 5.41) is 0. The van der Waals surface area contributed by atoms with Gasteiger partial charge in [-0.15, -0.1) is 0 Å². The summed E-state index contributed by atoms with van der Waals surface area (Å²) in [6.45, 7) is 4.66. The molecule has 3 aromatic carbocycles. The van der Waals surface area contributed by atoms with Crippen molar-refractivity contribution < 1.29 is 19.1 Å². The molecule has 5 heteroatoms. The van der Waals surface area contributed by atoms with Gasteiger partial charge in [0.05, 0.1) is 11.3 Å². The largest absolute Gasteiger partial charge is 0.489 e. The minimum atomic E-state index is -0.348. The first-order chi connectivity index (χ1) is 16.0. The van der Waals surface area contributed by atoms with Gasteiger partial charge in [-0.1, -0.05) is 54.1 Å². The van der Waals surface area contributed by atoms with E-state index >= 15 is 0 Å². The lowest BCUT2D eigenvalue weighted by Gasteiger charge is -2.32. The smallest absolute Gasteiger partial charge is 0.336 e. The topological polar surface area (TPSA) is 55.8 Å². The number of aryl methyl sites for hydroxylation is 2. The number of esters is 1. The van der Waals surface area contributed by atoms with Crippen molar-refractivity contribution in [2.45, 2.75) is 32.8 Å². The van der Waals surface area contributed by atoms with Crippen LogP contribution in [-0.4, -0.2) is 18.5 Å². The normalized spacial score (nSPS) is 17.8. The average Bonchev–Trinajstić information content (AvgIpc) is 3.20. The molecule has 5 rings (SSSR count). The van der Waals surface area contributed by atoms with E-state index in [1.165, 1.54) is 5.56 Å². The molecule has 2 aliphatic heterocycles. The Bertz CT molecular complexity index is 1240. The maximum absolute atomic E-state index is 13.2. The number of cyclic esters (lactones) is 1. The van der Waals surface area contributed by atoms with E-state index < -0.39 is 0 Å². The van der Waals surface area contributed by atoms with E-state index in [4.69, 9.17) is 9.47 Å². The van der Waals surface area contributed by atoms with E-state index in [1.54, 1.807) is 4.90 Å². The predicted molar refractivity (Wildman–Crippen MR) is 126 cm³/mol. The highest BCUT2D eigenvalue weighted by Gasteiger charge is 2.42. The SMILES string of the molecule is Cc1ccc(N2C(=O)CC(c3ccc(OCc4ccccc4C)cc3)C3=C2COC3=O)cc1. The van der Waals surface area contributed by atoms with Crippen molar-refractivity contribution in [3.8, 4) is 5.75 Å². The van der Waals surface area contributed by atoms with Gasteiger partial charge in [-0.3, -0.25) is 9.69 Å². The van der Waals surface area contributed by atoms with Gasteiger partial charge in [0.15, 0.2) is 0 Å². The molecule has 0 radical (unpaired) electrons. The van der Waals surface area contributed by atoms with Crippen molar-refractivity contribution in [2.75, 3.05) is 11.5 Å². The van der Waals surface area contributed by atoms with Gasteiger partial charge in [-0.25, -0.2) is 4.79 Å². The third-order valence-electron chi connectivity index (χ3n) is 6.35. The van der Waals surface area contributed by atoms with E-state index in [2.05, 4.69) is 19.1 Å². The molecule has 166 valence electrons. The Balaban J connectivity index is 1.40. The Kier molecular flexibility index (Phi) is 5.47. The molecule has 1 amide bonds. The van der Waals surface area contributed by atoms with Crippen LogP contribution in [0.1, 0.15) is 34.6 Å². The Morgan fingerprint density at radius 2 is 1.67 bits per heavy atom. The molecule has 5 nitrogen and oxygen atoms in total. The van der Waals surface area contributed by atoms with E-state index in [0.717, 1.165) is 28.1 Å². The van der Waals surface area contributed by atoms with Gasteiger partial charge < -0.3 is 9.47 Å². The number of hydrogen-bond donors (Lipinski definition) is 0. The molecule has 1 unspecified atom stereocenters. The highest BCUT2D eigenvalue weighted by molar-refractivity contribution is 6.06. The van der Waals surface area contributed by atoms with E-state index in [0.29, 0.717) is 17.9 Å². The van der Waals surface area contributed by atoms with E-state index in [1.807, 2.05) is 67.6 Å². The maximum atomic E-state index is 13.2. The van der Waals surface area contributed by atoms with Crippen LogP contribution in [0.15, 0.2) is 84.1 Å². The van der Waals surface area contributed by atoms with Crippen molar-refractivity contribution in [1.82, 2.24) is 0 Å². The summed E-state index contributed by atoms with van der Waals surface area (Å²) in [6.07, 6.45) is 0.214. The summed E-state index contributed by atoms with van der Waals surface area (Å²) in [4.78, 5) is 27.5. The summed E-state index contributed by atoms with van der Waals surface area (Å²) >= 11 is 0. The molecule has 0 aliphatic carbocycles. The number of benzene rings is 3. The lowest BCUT2D eigenvalue weighted by Crippen LogP contribution is -2.37. The van der Waals surface area contributed by atoms with Crippen LogP contribution < -0.4 is 9.64 Å². The third-order valence-corrected chi connectivity index (χ3v) is 6.35. The molecule has 2 heterocycles. The van der Waals surface area contributed by atoms with Crippen LogP contribution in [0.2, 0.25) is 0 Å². The van der Waals surface area contributed by atoms with Crippen LogP contribution >= 0.6 is 0 Å². The van der Waals surface area contributed by atoms with Crippen LogP contribution in [0.25, 0.3) is 0 Å². The number of ether oxygens (including phenoxy) is 2. The summed E-state index contributed by atoms with van der Waals surface area (Å²) < 4.78 is 11.3. The van der Waals surface area contributed by atoms with Gasteiger partial charge in [0.1, 0.15) is 19.0 Å². The average molecular weight is 440 g/mol. The fraction of sp³-hybridized carbons (Fsp3) is 0.214. The molecule has 0 aromatic heterocycles. The first-order valence-corrected chi connectivity index (χ1v) is 11.1. The molecule has 0 fully saturated rings. The van der Waals surface area contributed by atoms with Crippen molar-refractivity contribution in [3.05, 3.63) is 106 Å². The first kappa shape index (κ1) is 21.0. The molecule has 0 bridgehead atoms. The van der Waals surface area contributed by atoms with Crippen LogP contribution in [-0.2, 0) is 20.9 Å². The molecule has 3 aromatic rings. The number of carbonyl (C=O) groups excluding carboxylic acids is 2. The van der Waals surface area contributed by atoms with Gasteiger partial charge in [0.25, 0.3) is 0 Å². The second-order valence-corrected chi connectivity index (χ2v) is 8.54. The second-order valence-electron chi connectivity index (χ2n) is 8.54. The number of hydrogen-bond acceptors (Lipinski definition) is 4. The quantitative estimate of drug-likeness (QED) is 0.512. The second kappa shape index (κ2) is 8.58. The lowest BCUT2D eigenvalue weighted by atomic mass is 9.84. The zero-order valence-corrected chi connectivity index (χ0v) is 18.7. The van der Waals surface area contributed by atoms with E-state index in [-0.39, 0.29) is 30.8 Å². The molecule has 0 N–H and O–H groups in total. The number of amides is 1. The summed E-state index contributed by atoms with van der Waals surface area (Å²) in [7, 11) is 0. The monoisotopic (exact) mass is 439 g/mol. The fourth-order valence-electron chi connectivity index (χ4n) is 4.46. The van der Waals surface area contributed by atoms with Crippen molar-refractivity contribution in [2.24, 2.45) is 0 Å². The van der Waals surface area contributed by atoms with Crippen molar-refractivity contribution in [3.63, 3.8) is 0 Å². The van der Waals surface area contributed by atoms with Gasteiger partial charge >= 0.3 is 5.97 Å². The molecular weight excluding hydrogens is 414 g/mol. The molecule has 0 saturated heterocycles. The predicted octanol–water partition coefficient (Wildman–Crippen LogP) is 5.21. The van der Waals surface area contributed by atoms with Crippen molar-refractivity contribution >= 4 is 17.6 Å². The van der Waals surface area contributed by atoms with Crippen LogP contribution in [0.5, 0.6) is 5.75 Å². The Morgan fingerprint density at radius 1 is 0.939 bits per heavy atom. The lowest BCUT2D eigenvalue weighted by molar-refractivity contribution is -0.136. The molecule has 2 aliphatic rings. The highest BCUT2D eigenvalue weighted by atomic mass is 16.5. The van der Waals surface area contributed by atoms with Gasteiger partial charge in [0, 0.05) is 18.0 Å². The summed E-state index contributed by atoms with van der Waals surface area (Å²) in [5.41, 5.74) is 6.31. The van der Waals surface area contributed by atoms with Gasteiger partial charge in [0.2, 0.25) is 5.91 Å². The highest BCUT2D eigenvalue weighted by Crippen LogP contribution is 2.42. The summed E-state index contributed by atoms with van der Waals surface area (Å²) in [6, 6.07) is 23.5. The minimum Gasteiger partial charge on any atom is -0.489 e. The number of anilines is 1.